The van der Waals surface area contributed by atoms with E-state index in [2.05, 4.69) is 12.2 Å². The maximum atomic E-state index is 14.3. The first kappa shape index (κ1) is 14.6. The maximum absolute atomic E-state index is 14.3. The average molecular weight is 316 g/mol. The van der Waals surface area contributed by atoms with Gasteiger partial charge in [0.15, 0.2) is 0 Å². The summed E-state index contributed by atoms with van der Waals surface area (Å²) in [6, 6.07) is 5.53. The summed E-state index contributed by atoms with van der Waals surface area (Å²) in [5.74, 6) is 0.176. The van der Waals surface area contributed by atoms with E-state index >= 15 is 0 Å². The molecule has 20 heavy (non-hydrogen) atoms. The Hall–Kier alpha value is -0.310. The molecule has 0 radical (unpaired) electrons. The summed E-state index contributed by atoms with van der Waals surface area (Å²) in [4.78, 5) is 0. The number of hydrogen-bond donors (Lipinski definition) is 1. The quantitative estimate of drug-likeness (QED) is 0.809. The molecule has 1 unspecified atom stereocenters. The third kappa shape index (κ3) is 2.84. The predicted octanol–water partition coefficient (Wildman–Crippen LogP) is 4.97. The maximum Gasteiger partial charge on any atom is 0.124 e. The minimum absolute atomic E-state index is 0.176. The van der Waals surface area contributed by atoms with E-state index in [0.717, 1.165) is 18.4 Å². The third-order valence-electron chi connectivity index (χ3n) is 4.73. The van der Waals surface area contributed by atoms with E-state index in [1.165, 1.54) is 12.8 Å². The fourth-order valence-electron chi connectivity index (χ4n) is 3.54. The van der Waals surface area contributed by atoms with Crippen LogP contribution in [0.2, 0.25) is 10.0 Å². The molecule has 2 fully saturated rings. The topological polar surface area (TPSA) is 12.0 Å². The van der Waals surface area contributed by atoms with Gasteiger partial charge in [-0.05, 0) is 54.7 Å². The Bertz CT molecular complexity index is 485. The SMILES string of the molecule is CC(CNCC1(F)CC2(CC2)C1)c1c(Cl)cccc1Cl. The highest BCUT2D eigenvalue weighted by molar-refractivity contribution is 6.36. The molecular formula is C16H20Cl2FN. The zero-order valence-corrected chi connectivity index (χ0v) is 13.2. The van der Waals surface area contributed by atoms with Gasteiger partial charge in [-0.15, -0.1) is 0 Å². The monoisotopic (exact) mass is 315 g/mol. The molecule has 0 aromatic heterocycles. The number of alkyl halides is 1. The van der Waals surface area contributed by atoms with Crippen molar-refractivity contribution in [2.75, 3.05) is 13.1 Å². The van der Waals surface area contributed by atoms with Crippen LogP contribution in [-0.2, 0) is 0 Å². The van der Waals surface area contributed by atoms with Crippen LogP contribution in [0, 0.1) is 5.41 Å². The van der Waals surface area contributed by atoms with Crippen LogP contribution in [0.1, 0.15) is 44.1 Å². The molecular weight excluding hydrogens is 296 g/mol. The summed E-state index contributed by atoms with van der Waals surface area (Å²) in [6.07, 6.45) is 3.94. The van der Waals surface area contributed by atoms with Gasteiger partial charge in [0.2, 0.25) is 0 Å². The Labute approximate surface area is 129 Å². The molecule has 0 amide bonds. The van der Waals surface area contributed by atoms with Gasteiger partial charge in [0.05, 0.1) is 0 Å². The van der Waals surface area contributed by atoms with Gasteiger partial charge in [-0.3, -0.25) is 0 Å². The van der Waals surface area contributed by atoms with Crippen molar-refractivity contribution in [2.45, 2.75) is 44.2 Å². The number of nitrogens with one attached hydrogen (secondary N) is 1. The molecule has 1 aromatic carbocycles. The molecule has 1 N–H and O–H groups in total. The van der Waals surface area contributed by atoms with Crippen molar-refractivity contribution < 1.29 is 4.39 Å². The van der Waals surface area contributed by atoms with Crippen LogP contribution >= 0.6 is 23.2 Å². The summed E-state index contributed by atoms with van der Waals surface area (Å²) in [5.41, 5.74) is 0.359. The van der Waals surface area contributed by atoms with Crippen LogP contribution < -0.4 is 5.32 Å². The number of halogens is 3. The Morgan fingerprint density at radius 2 is 1.85 bits per heavy atom. The molecule has 1 nitrogen and oxygen atoms in total. The van der Waals surface area contributed by atoms with Crippen molar-refractivity contribution in [1.82, 2.24) is 5.32 Å². The average Bonchev–Trinajstić information content (AvgIpc) is 3.08. The van der Waals surface area contributed by atoms with E-state index in [9.17, 15) is 4.39 Å². The number of hydrogen-bond acceptors (Lipinski definition) is 1. The minimum atomic E-state index is -0.986. The van der Waals surface area contributed by atoms with E-state index in [1.807, 2.05) is 18.2 Å². The fourth-order valence-corrected chi connectivity index (χ4v) is 4.31. The van der Waals surface area contributed by atoms with E-state index in [0.29, 0.717) is 28.5 Å². The second-order valence-electron chi connectivity index (χ2n) is 6.67. The van der Waals surface area contributed by atoms with Crippen molar-refractivity contribution in [3.63, 3.8) is 0 Å². The lowest BCUT2D eigenvalue weighted by Gasteiger charge is -2.42. The standard InChI is InChI=1S/C16H20Cl2FN/c1-11(14-12(17)3-2-4-13(14)18)7-20-10-16(19)8-15(9-16)5-6-15/h2-4,11,20H,5-10H2,1H3. The second-order valence-corrected chi connectivity index (χ2v) is 7.49. The largest absolute Gasteiger partial charge is 0.313 e. The molecule has 1 aromatic rings. The summed E-state index contributed by atoms with van der Waals surface area (Å²) in [7, 11) is 0. The van der Waals surface area contributed by atoms with Crippen LogP contribution in [0.5, 0.6) is 0 Å². The van der Waals surface area contributed by atoms with Gasteiger partial charge in [0.1, 0.15) is 5.67 Å². The molecule has 0 saturated heterocycles. The zero-order chi connectivity index (χ0) is 14.4. The van der Waals surface area contributed by atoms with Crippen LogP contribution in [-0.4, -0.2) is 18.8 Å². The van der Waals surface area contributed by atoms with Gasteiger partial charge in [0.25, 0.3) is 0 Å². The van der Waals surface area contributed by atoms with Crippen molar-refractivity contribution in [2.24, 2.45) is 5.41 Å². The highest BCUT2D eigenvalue weighted by Crippen LogP contribution is 2.66. The number of benzene rings is 1. The lowest BCUT2D eigenvalue weighted by Crippen LogP contribution is -2.49. The van der Waals surface area contributed by atoms with Gasteiger partial charge in [-0.2, -0.15) is 0 Å². The van der Waals surface area contributed by atoms with E-state index in [-0.39, 0.29) is 5.92 Å². The van der Waals surface area contributed by atoms with E-state index < -0.39 is 5.67 Å². The van der Waals surface area contributed by atoms with Crippen molar-refractivity contribution in [3.05, 3.63) is 33.8 Å². The van der Waals surface area contributed by atoms with Gasteiger partial charge in [-0.25, -0.2) is 4.39 Å². The predicted molar refractivity (Wildman–Crippen MR) is 82.5 cm³/mol. The lowest BCUT2D eigenvalue weighted by atomic mass is 9.69. The highest BCUT2D eigenvalue weighted by Gasteiger charge is 2.61. The molecule has 110 valence electrons. The number of rotatable bonds is 5. The van der Waals surface area contributed by atoms with E-state index in [4.69, 9.17) is 23.2 Å². The molecule has 0 heterocycles. The summed E-state index contributed by atoms with van der Waals surface area (Å²) >= 11 is 12.4. The lowest BCUT2D eigenvalue weighted by molar-refractivity contribution is -0.00678. The smallest absolute Gasteiger partial charge is 0.124 e. The molecule has 2 saturated carbocycles. The summed E-state index contributed by atoms with van der Waals surface area (Å²) in [5, 5.41) is 4.62. The van der Waals surface area contributed by atoms with Gasteiger partial charge in [-0.1, -0.05) is 36.2 Å². The summed E-state index contributed by atoms with van der Waals surface area (Å²) in [6.45, 7) is 3.21. The van der Waals surface area contributed by atoms with E-state index in [1.54, 1.807) is 0 Å². The molecule has 3 rings (SSSR count). The van der Waals surface area contributed by atoms with Crippen LogP contribution in [0.4, 0.5) is 4.39 Å². The molecule has 2 aliphatic carbocycles. The molecule has 1 atom stereocenters. The molecule has 0 aliphatic heterocycles. The second kappa shape index (κ2) is 5.15. The first-order valence-corrected chi connectivity index (χ1v) is 8.02. The molecule has 2 aliphatic rings. The first-order chi connectivity index (χ1) is 9.43. The third-order valence-corrected chi connectivity index (χ3v) is 5.38. The zero-order valence-electron chi connectivity index (χ0n) is 11.7. The van der Waals surface area contributed by atoms with Gasteiger partial charge >= 0.3 is 0 Å². The van der Waals surface area contributed by atoms with Crippen LogP contribution in [0.25, 0.3) is 0 Å². The summed E-state index contributed by atoms with van der Waals surface area (Å²) < 4.78 is 14.3. The molecule has 4 heteroatoms. The van der Waals surface area contributed by atoms with Crippen molar-refractivity contribution >= 4 is 23.2 Å². The normalized spacial score (nSPS) is 23.4. The van der Waals surface area contributed by atoms with Crippen LogP contribution in [0.15, 0.2) is 18.2 Å². The van der Waals surface area contributed by atoms with Crippen molar-refractivity contribution in [3.8, 4) is 0 Å². The fraction of sp³-hybridized carbons (Fsp3) is 0.625. The van der Waals surface area contributed by atoms with Crippen molar-refractivity contribution in [1.29, 1.82) is 0 Å². The van der Waals surface area contributed by atoms with Gasteiger partial charge < -0.3 is 5.32 Å². The Kier molecular flexibility index (Phi) is 3.77. The first-order valence-electron chi connectivity index (χ1n) is 7.27. The highest BCUT2D eigenvalue weighted by atomic mass is 35.5. The Morgan fingerprint density at radius 1 is 1.25 bits per heavy atom. The van der Waals surface area contributed by atoms with Gasteiger partial charge in [0, 0.05) is 23.1 Å². The molecule has 0 bridgehead atoms. The minimum Gasteiger partial charge on any atom is -0.313 e. The molecule has 1 spiro atoms. The Balaban J connectivity index is 1.51. The Morgan fingerprint density at radius 3 is 2.40 bits per heavy atom. The van der Waals surface area contributed by atoms with Crippen LogP contribution in [0.3, 0.4) is 0 Å².